The fourth-order valence-corrected chi connectivity index (χ4v) is 2.79. The van der Waals surface area contributed by atoms with E-state index in [1.165, 1.54) is 4.88 Å². The van der Waals surface area contributed by atoms with E-state index in [1.54, 1.807) is 25.6 Å². The highest BCUT2D eigenvalue weighted by atomic mass is 32.1. The third-order valence-electron chi connectivity index (χ3n) is 3.01. The minimum absolute atomic E-state index is 0.115. The average Bonchev–Trinajstić information content (AvgIpc) is 2.92. The molecule has 0 bridgehead atoms. The van der Waals surface area contributed by atoms with Crippen LogP contribution < -0.4 is 0 Å². The molecular formula is C16H25NO3S. The largest absolute Gasteiger partial charge is 0.395 e. The molecule has 5 heteroatoms. The number of nitrogens with zero attached hydrogens (tertiary/aromatic N) is 1. The van der Waals surface area contributed by atoms with Crippen LogP contribution in [-0.2, 0) is 16.0 Å². The van der Waals surface area contributed by atoms with Gasteiger partial charge in [0, 0.05) is 57.3 Å². The summed E-state index contributed by atoms with van der Waals surface area (Å²) in [6, 6.07) is 2.05. The monoisotopic (exact) mass is 311 g/mol. The first-order chi connectivity index (χ1) is 10.3. The molecule has 1 N–H and O–H groups in total. The first-order valence-electron chi connectivity index (χ1n) is 7.18. The fraction of sp³-hybridized carbons (Fsp3) is 0.625. The molecule has 4 nitrogen and oxygen atoms in total. The number of rotatable bonds is 10. The van der Waals surface area contributed by atoms with Gasteiger partial charge in [0.2, 0.25) is 0 Å². The lowest BCUT2D eigenvalue weighted by molar-refractivity contribution is 0.130. The van der Waals surface area contributed by atoms with E-state index in [-0.39, 0.29) is 6.61 Å². The van der Waals surface area contributed by atoms with Crippen molar-refractivity contribution in [3.8, 4) is 11.8 Å². The molecule has 0 aliphatic heterocycles. The lowest BCUT2D eigenvalue weighted by Gasteiger charge is -2.21. The van der Waals surface area contributed by atoms with Crippen molar-refractivity contribution in [2.24, 2.45) is 0 Å². The molecule has 0 spiro atoms. The van der Waals surface area contributed by atoms with Gasteiger partial charge in [-0.25, -0.2) is 0 Å². The van der Waals surface area contributed by atoms with Crippen molar-refractivity contribution in [3.63, 3.8) is 0 Å². The van der Waals surface area contributed by atoms with E-state index in [0.717, 1.165) is 44.8 Å². The Labute approximate surface area is 131 Å². The van der Waals surface area contributed by atoms with Crippen LogP contribution in [0.15, 0.2) is 11.4 Å². The van der Waals surface area contributed by atoms with Crippen LogP contribution >= 0.6 is 11.3 Å². The van der Waals surface area contributed by atoms with E-state index in [1.807, 2.05) is 6.07 Å². The van der Waals surface area contributed by atoms with Gasteiger partial charge >= 0.3 is 0 Å². The van der Waals surface area contributed by atoms with Crippen LogP contribution in [0.5, 0.6) is 0 Å². The maximum absolute atomic E-state index is 8.79. The summed E-state index contributed by atoms with van der Waals surface area (Å²) in [4.78, 5) is 3.64. The molecule has 0 aliphatic rings. The van der Waals surface area contributed by atoms with E-state index in [4.69, 9.17) is 14.6 Å². The summed E-state index contributed by atoms with van der Waals surface area (Å²) < 4.78 is 10.3. The summed E-state index contributed by atoms with van der Waals surface area (Å²) in [7, 11) is 3.46. The Morgan fingerprint density at radius 1 is 1.24 bits per heavy atom. The zero-order valence-electron chi connectivity index (χ0n) is 12.9. The first-order valence-corrected chi connectivity index (χ1v) is 8.06. The zero-order valence-corrected chi connectivity index (χ0v) is 13.7. The number of hydrogen-bond donors (Lipinski definition) is 1. The quantitative estimate of drug-likeness (QED) is 0.530. The Morgan fingerprint density at radius 3 is 2.76 bits per heavy atom. The number of ether oxygens (including phenoxy) is 2. The summed E-state index contributed by atoms with van der Waals surface area (Å²) >= 11 is 1.73. The van der Waals surface area contributed by atoms with Crippen molar-refractivity contribution >= 4 is 11.3 Å². The number of aliphatic hydroxyl groups excluding tert-OH is 1. The normalized spacial score (nSPS) is 10.7. The average molecular weight is 311 g/mol. The van der Waals surface area contributed by atoms with Crippen molar-refractivity contribution in [3.05, 3.63) is 21.9 Å². The van der Waals surface area contributed by atoms with Crippen LogP contribution in [0.3, 0.4) is 0 Å². The molecule has 0 saturated heterocycles. The topological polar surface area (TPSA) is 41.9 Å². The molecule has 0 unspecified atom stereocenters. The van der Waals surface area contributed by atoms with Crippen LogP contribution in [0, 0.1) is 11.8 Å². The molecule has 0 saturated carbocycles. The smallest absolute Gasteiger partial charge is 0.0589 e. The maximum Gasteiger partial charge on any atom is 0.0589 e. The SMILES string of the molecule is COCCCN(CCOC)Cc1sccc1C#CCCO. The van der Waals surface area contributed by atoms with Crippen LogP contribution in [0.4, 0.5) is 0 Å². The van der Waals surface area contributed by atoms with E-state index in [9.17, 15) is 0 Å². The molecule has 1 rings (SSSR count). The molecule has 0 radical (unpaired) electrons. The molecule has 0 aromatic carbocycles. The Bertz CT molecular complexity index is 436. The lowest BCUT2D eigenvalue weighted by atomic mass is 10.2. The summed E-state index contributed by atoms with van der Waals surface area (Å²) in [6.45, 7) is 4.39. The van der Waals surface area contributed by atoms with E-state index in [2.05, 4.69) is 22.1 Å². The molecular weight excluding hydrogens is 286 g/mol. The minimum atomic E-state index is 0.115. The third kappa shape index (κ3) is 7.60. The molecule has 0 fully saturated rings. The first kappa shape index (κ1) is 18.1. The summed E-state index contributed by atoms with van der Waals surface area (Å²) in [5.41, 5.74) is 1.07. The van der Waals surface area contributed by atoms with Crippen LogP contribution in [0.1, 0.15) is 23.3 Å². The second kappa shape index (κ2) is 11.7. The van der Waals surface area contributed by atoms with Gasteiger partial charge in [-0.05, 0) is 17.9 Å². The van der Waals surface area contributed by atoms with Gasteiger partial charge in [-0.3, -0.25) is 4.90 Å². The van der Waals surface area contributed by atoms with Crippen molar-refractivity contribution < 1.29 is 14.6 Å². The summed E-state index contributed by atoms with van der Waals surface area (Å²) in [5, 5.41) is 10.9. The van der Waals surface area contributed by atoms with E-state index in [0.29, 0.717) is 6.42 Å². The van der Waals surface area contributed by atoms with Gasteiger partial charge in [0.1, 0.15) is 0 Å². The van der Waals surface area contributed by atoms with Gasteiger partial charge in [-0.1, -0.05) is 11.8 Å². The zero-order chi connectivity index (χ0) is 15.3. The minimum Gasteiger partial charge on any atom is -0.395 e. The highest BCUT2D eigenvalue weighted by Crippen LogP contribution is 2.18. The predicted molar refractivity (Wildman–Crippen MR) is 86.5 cm³/mol. The van der Waals surface area contributed by atoms with Gasteiger partial charge in [0.05, 0.1) is 13.2 Å². The summed E-state index contributed by atoms with van der Waals surface area (Å²) in [5.74, 6) is 6.13. The Hall–Kier alpha value is -0.900. The number of aliphatic hydroxyl groups is 1. The molecule has 21 heavy (non-hydrogen) atoms. The van der Waals surface area contributed by atoms with Gasteiger partial charge in [0.25, 0.3) is 0 Å². The Morgan fingerprint density at radius 2 is 2.05 bits per heavy atom. The van der Waals surface area contributed by atoms with Gasteiger partial charge in [-0.15, -0.1) is 11.3 Å². The molecule has 0 aliphatic carbocycles. The van der Waals surface area contributed by atoms with Gasteiger partial charge in [-0.2, -0.15) is 0 Å². The van der Waals surface area contributed by atoms with Crippen molar-refractivity contribution in [1.29, 1.82) is 0 Å². The Balaban J connectivity index is 2.60. The van der Waals surface area contributed by atoms with Crippen molar-refractivity contribution in [2.75, 3.05) is 47.1 Å². The highest BCUT2D eigenvalue weighted by Gasteiger charge is 2.09. The second-order valence-corrected chi connectivity index (χ2v) is 5.65. The molecule has 1 aromatic rings. The molecule has 1 aromatic heterocycles. The molecule has 1 heterocycles. The van der Waals surface area contributed by atoms with Gasteiger partial charge < -0.3 is 14.6 Å². The number of hydrogen-bond acceptors (Lipinski definition) is 5. The van der Waals surface area contributed by atoms with Crippen LogP contribution in [0.2, 0.25) is 0 Å². The predicted octanol–water partition coefficient (Wildman–Crippen LogP) is 1.97. The maximum atomic E-state index is 8.79. The standard InChI is InChI=1S/C16H25NO3S/c1-19-11-5-8-17(9-12-20-2)14-16-15(7-13-21-16)6-3-4-10-18/h7,13,18H,4-5,8-12,14H2,1-2H3. The molecule has 0 atom stereocenters. The summed E-state index contributed by atoms with van der Waals surface area (Å²) in [6.07, 6.45) is 1.54. The lowest BCUT2D eigenvalue weighted by Crippen LogP contribution is -2.28. The van der Waals surface area contributed by atoms with Crippen molar-refractivity contribution in [1.82, 2.24) is 4.90 Å². The molecule has 118 valence electrons. The third-order valence-corrected chi connectivity index (χ3v) is 3.91. The Kier molecular flexibility index (Phi) is 10.1. The van der Waals surface area contributed by atoms with Crippen LogP contribution in [-0.4, -0.2) is 57.1 Å². The van der Waals surface area contributed by atoms with E-state index < -0.39 is 0 Å². The number of methoxy groups -OCH3 is 2. The molecule has 0 amide bonds. The van der Waals surface area contributed by atoms with Crippen molar-refractivity contribution in [2.45, 2.75) is 19.4 Å². The highest BCUT2D eigenvalue weighted by molar-refractivity contribution is 7.10. The number of thiophene rings is 1. The van der Waals surface area contributed by atoms with E-state index >= 15 is 0 Å². The van der Waals surface area contributed by atoms with Gasteiger partial charge in [0.15, 0.2) is 0 Å². The second-order valence-electron chi connectivity index (χ2n) is 4.65. The fourth-order valence-electron chi connectivity index (χ4n) is 1.91. The van der Waals surface area contributed by atoms with Crippen LogP contribution in [0.25, 0.3) is 0 Å².